The lowest BCUT2D eigenvalue weighted by molar-refractivity contribution is -0.180. The van der Waals surface area contributed by atoms with Crippen LogP contribution in [0.2, 0.25) is 0 Å². The van der Waals surface area contributed by atoms with Gasteiger partial charge in [0.1, 0.15) is 30.5 Å². The Morgan fingerprint density at radius 1 is 0.649 bits per heavy atom. The SMILES string of the molecule is CC[C@@H]1CC(F)C(=O)O1.CC[C@@H]1CC(F)[C@@H](Cl)O1.CC[C@@H]1CC(F)[C@H](O)O1.CC[C@@H]1CC(F)[C@H](OC(C)=O)O1.CC[C@@H]1CCC(=O)O1.N[C@@H](CCC(=O)O)C(=O)O.O=C1CC[C@@H](C(=O)O)O1.O=C1CC[C@@H](CO)O1. The highest BCUT2D eigenvalue weighted by Crippen LogP contribution is 2.28. The summed E-state index contributed by atoms with van der Waals surface area (Å²) < 4.78 is 88.2. The molecule has 7 saturated heterocycles. The van der Waals surface area contributed by atoms with Crippen LogP contribution in [0.3, 0.4) is 0 Å². The first-order chi connectivity index (χ1) is 34.7. The zero-order valence-corrected chi connectivity index (χ0v) is 43.4. The minimum atomic E-state index is -1.37. The molecule has 0 aromatic carbocycles. The number of hydrogen-bond donors (Lipinski definition) is 6. The molecule has 7 fully saturated rings. The van der Waals surface area contributed by atoms with Gasteiger partial charge in [0.2, 0.25) is 12.5 Å². The highest BCUT2D eigenvalue weighted by atomic mass is 35.5. The highest BCUT2D eigenvalue weighted by Gasteiger charge is 2.37. The number of cyclic esters (lactones) is 4. The van der Waals surface area contributed by atoms with Gasteiger partial charge < -0.3 is 69.2 Å². The van der Waals surface area contributed by atoms with Crippen molar-refractivity contribution in [2.24, 2.45) is 5.73 Å². The fourth-order valence-corrected chi connectivity index (χ4v) is 6.93. The Hall–Kier alpha value is -4.47. The van der Waals surface area contributed by atoms with Gasteiger partial charge in [0.05, 0.1) is 24.9 Å². The molecule has 74 heavy (non-hydrogen) atoms. The summed E-state index contributed by atoms with van der Waals surface area (Å²) in [5, 5.41) is 41.6. The molecule has 0 aromatic rings. The second-order valence-corrected chi connectivity index (χ2v) is 17.7. The first kappa shape index (κ1) is 69.5. The van der Waals surface area contributed by atoms with Crippen molar-refractivity contribution in [2.45, 2.75) is 242 Å². The van der Waals surface area contributed by atoms with Gasteiger partial charge >= 0.3 is 47.8 Å². The maximum absolute atomic E-state index is 13.0. The Balaban J connectivity index is 0.000000825. The Morgan fingerprint density at radius 3 is 1.38 bits per heavy atom. The predicted octanol–water partition coefficient (Wildman–Crippen LogP) is 5.22. The lowest BCUT2D eigenvalue weighted by atomic mass is 10.2. The predicted molar refractivity (Wildman–Crippen MR) is 250 cm³/mol. The Bertz CT molecular complexity index is 1640. The molecule has 0 spiro atoms. The van der Waals surface area contributed by atoms with Crippen LogP contribution < -0.4 is 5.73 Å². The average Bonchev–Trinajstić information content (AvgIpc) is 4.26. The average molecular weight is 1100 g/mol. The van der Waals surface area contributed by atoms with Gasteiger partial charge in [0, 0.05) is 64.7 Å². The molecule has 0 aromatic heterocycles. The molecule has 0 amide bonds. The number of carbonyl (C=O) groups excluding carboxylic acids is 5. The van der Waals surface area contributed by atoms with E-state index >= 15 is 0 Å². The zero-order chi connectivity index (χ0) is 56.7. The summed E-state index contributed by atoms with van der Waals surface area (Å²) in [6.07, 6.45) is 0.431. The van der Waals surface area contributed by atoms with Crippen LogP contribution in [0.15, 0.2) is 0 Å². The first-order valence-electron chi connectivity index (χ1n) is 24.6. The van der Waals surface area contributed by atoms with E-state index in [-0.39, 0.29) is 80.9 Å². The molecule has 7 N–H and O–H groups in total. The summed E-state index contributed by atoms with van der Waals surface area (Å²) >= 11 is 5.44. The summed E-state index contributed by atoms with van der Waals surface area (Å²) in [5.74, 6) is -5.08. The normalized spacial score (nSPS) is 31.4. The highest BCUT2D eigenvalue weighted by molar-refractivity contribution is 6.20. The molecule has 0 bridgehead atoms. The number of aliphatic hydroxyl groups excluding tert-OH is 2. The summed E-state index contributed by atoms with van der Waals surface area (Å²) in [7, 11) is 0. The lowest BCUT2D eigenvalue weighted by Gasteiger charge is -2.12. The van der Waals surface area contributed by atoms with E-state index in [0.29, 0.717) is 51.4 Å². The third-order valence-electron chi connectivity index (χ3n) is 11.2. The van der Waals surface area contributed by atoms with Gasteiger partial charge in [-0.2, -0.15) is 0 Å². The van der Waals surface area contributed by atoms with Crippen LogP contribution in [0.25, 0.3) is 0 Å². The molecular weight excluding hydrogens is 1030 g/mol. The molecule has 0 saturated carbocycles. The van der Waals surface area contributed by atoms with Crippen molar-refractivity contribution < 1.29 is 119 Å². The van der Waals surface area contributed by atoms with Gasteiger partial charge in [0.15, 0.2) is 30.3 Å². The van der Waals surface area contributed by atoms with E-state index in [1.54, 1.807) is 0 Å². The smallest absolute Gasteiger partial charge is 0.345 e. The molecule has 430 valence electrons. The van der Waals surface area contributed by atoms with Gasteiger partial charge in [-0.15, -0.1) is 0 Å². The third-order valence-corrected chi connectivity index (χ3v) is 11.6. The number of aliphatic carboxylic acids is 3. The number of carbonyl (C=O) groups is 8. The van der Waals surface area contributed by atoms with Crippen molar-refractivity contribution in [1.82, 2.24) is 0 Å². The Kier molecular flexibility index (Phi) is 35.8. The molecule has 7 heterocycles. The fraction of sp³-hybridized carbons (Fsp3) is 0.830. The summed E-state index contributed by atoms with van der Waals surface area (Å²) in [6, 6.07) is -1.06. The fourth-order valence-electron chi connectivity index (χ4n) is 6.68. The first-order valence-corrected chi connectivity index (χ1v) is 25.0. The van der Waals surface area contributed by atoms with Crippen molar-refractivity contribution >= 4 is 59.4 Å². The number of esters is 5. The van der Waals surface area contributed by atoms with Crippen molar-refractivity contribution in [3.63, 3.8) is 0 Å². The minimum absolute atomic E-state index is 0.0231. The van der Waals surface area contributed by atoms with Crippen LogP contribution in [0.4, 0.5) is 17.6 Å². The summed E-state index contributed by atoms with van der Waals surface area (Å²) in [4.78, 5) is 81.7. The van der Waals surface area contributed by atoms with Crippen LogP contribution in [0.5, 0.6) is 0 Å². The molecule has 0 aliphatic carbocycles. The second-order valence-electron chi connectivity index (χ2n) is 17.3. The van der Waals surface area contributed by atoms with Crippen molar-refractivity contribution in [3.05, 3.63) is 0 Å². The van der Waals surface area contributed by atoms with Gasteiger partial charge in [0.25, 0.3) is 0 Å². The van der Waals surface area contributed by atoms with Gasteiger partial charge in [-0.3, -0.25) is 28.8 Å². The Morgan fingerprint density at radius 2 is 1.12 bits per heavy atom. The number of hydrogen-bond acceptors (Lipinski definition) is 19. The number of ether oxygens (including phenoxy) is 8. The van der Waals surface area contributed by atoms with Gasteiger partial charge in [-0.25, -0.2) is 27.2 Å². The molecular formula is C47H76ClF4NO21. The number of alkyl halides is 5. The topological polar surface area (TPSA) is 338 Å². The van der Waals surface area contributed by atoms with Gasteiger partial charge in [-0.1, -0.05) is 46.2 Å². The maximum atomic E-state index is 13.0. The van der Waals surface area contributed by atoms with Gasteiger partial charge in [-0.05, 0) is 51.4 Å². The van der Waals surface area contributed by atoms with E-state index in [0.717, 1.165) is 32.1 Å². The van der Waals surface area contributed by atoms with E-state index in [2.05, 4.69) is 18.9 Å². The minimum Gasteiger partial charge on any atom is -0.481 e. The molecule has 15 atom stereocenters. The molecule has 0 radical (unpaired) electrons. The third kappa shape index (κ3) is 30.2. The standard InChI is InChI=1S/C8H13FO3.C6H10ClFO.C6H11FO2.C6H9FO2.C6H10O2.C5H9NO4.C5H6O4.C5H8O3/c1-3-6-4-7(9)8(12-6)11-5(2)10;1-2-4-3-5(8)6(7)9-4;2*1-2-4-3-5(7)6(8)9-4;1-2-5-3-4-6(7)8-5;6-3(5(9)10)1-2-4(7)8;6-4-2-1-3(9-4)5(7)8;6-3-4-1-2-5(7)8-4/h6-8H,3-4H2,1-2H3;4-6H,2-3H2,1H3;4-6,8H,2-3H2,1H3;4-5H,2-3H2,1H3;5H,2-4H2,1H3;3H,1-2,6H2,(H,7,8)(H,9,10);3H,1-2H2,(H,7,8);4,6H,1-3H2/t6-,7?,8-;4-,5?,6+;4-,5?,6-;4-,5?;5-;2*3-;4-/m11111000/s1. The quantitative estimate of drug-likeness (QED) is 0.0631. The second kappa shape index (κ2) is 38.1. The van der Waals surface area contributed by atoms with Crippen LogP contribution >= 0.6 is 11.6 Å². The molecule has 4 unspecified atom stereocenters. The number of aliphatic hydroxyl groups is 2. The largest absolute Gasteiger partial charge is 0.481 e. The summed E-state index contributed by atoms with van der Waals surface area (Å²) in [6.45, 7) is 10.9. The Labute approximate surface area is 432 Å². The lowest BCUT2D eigenvalue weighted by Crippen LogP contribution is -2.30. The zero-order valence-electron chi connectivity index (χ0n) is 42.6. The van der Waals surface area contributed by atoms with Crippen molar-refractivity contribution in [1.29, 1.82) is 0 Å². The van der Waals surface area contributed by atoms with Crippen LogP contribution in [-0.4, -0.2) is 171 Å². The number of rotatable bonds is 12. The molecule has 7 aliphatic heterocycles. The summed E-state index contributed by atoms with van der Waals surface area (Å²) in [5.41, 5.74) is 4.30. The van der Waals surface area contributed by atoms with E-state index in [9.17, 15) is 55.9 Å². The van der Waals surface area contributed by atoms with Crippen molar-refractivity contribution in [3.8, 4) is 0 Å². The number of nitrogens with two attached hydrogens (primary N) is 1. The van der Waals surface area contributed by atoms with E-state index in [4.69, 9.17) is 61.8 Å². The van der Waals surface area contributed by atoms with Crippen LogP contribution in [0, 0.1) is 0 Å². The van der Waals surface area contributed by atoms with E-state index in [1.165, 1.54) is 6.92 Å². The molecule has 27 heteroatoms. The van der Waals surface area contributed by atoms with E-state index in [1.807, 2.05) is 34.6 Å². The maximum Gasteiger partial charge on any atom is 0.345 e. The number of halogens is 5. The molecule has 7 rings (SSSR count). The molecule has 22 nitrogen and oxygen atoms in total. The monoisotopic (exact) mass is 1100 g/mol. The van der Waals surface area contributed by atoms with Crippen LogP contribution in [-0.2, 0) is 76.3 Å². The van der Waals surface area contributed by atoms with E-state index < -0.39 is 90.8 Å². The molecule has 7 aliphatic rings. The number of carboxylic acids is 3. The van der Waals surface area contributed by atoms with Crippen LogP contribution in [0.1, 0.15) is 151 Å². The number of carboxylic acid groups (broad SMARTS) is 3. The van der Waals surface area contributed by atoms with Crippen molar-refractivity contribution in [2.75, 3.05) is 6.61 Å².